The Hall–Kier alpha value is -6.63. The van der Waals surface area contributed by atoms with Crippen LogP contribution in [0.4, 0.5) is 15.3 Å². The summed E-state index contributed by atoms with van der Waals surface area (Å²) >= 11 is 0. The van der Waals surface area contributed by atoms with E-state index < -0.39 is 101 Å². The average Bonchev–Trinajstić information content (AvgIpc) is 1.70. The zero-order valence-corrected chi connectivity index (χ0v) is 71.7. The zero-order chi connectivity index (χ0) is 82.1. The molecule has 608 valence electrons. The van der Waals surface area contributed by atoms with Crippen molar-refractivity contribution in [3.63, 3.8) is 0 Å². The Morgan fingerprint density at radius 1 is 0.606 bits per heavy atom. The van der Waals surface area contributed by atoms with E-state index in [1.165, 1.54) is 6.07 Å². The van der Waals surface area contributed by atoms with E-state index in [1.54, 1.807) is 108 Å². The normalized spacial score (nSPS) is 29.2. The first kappa shape index (κ1) is 91.2. The molecule has 4 fully saturated rings. The van der Waals surface area contributed by atoms with Crippen molar-refractivity contribution in [3.05, 3.63) is 88.6 Å². The van der Waals surface area contributed by atoms with Crippen molar-refractivity contribution in [2.75, 3.05) is 6.61 Å². The quantitative estimate of drug-likeness (QED) is 0.0479. The van der Waals surface area contributed by atoms with E-state index in [4.69, 9.17) is 57.9 Å². The molecule has 109 heavy (non-hydrogen) atoms. The summed E-state index contributed by atoms with van der Waals surface area (Å²) in [4.78, 5) is 98.7. The number of benzene rings is 1. The smallest absolute Gasteiger partial charge is 0.436 e. The van der Waals surface area contributed by atoms with Crippen molar-refractivity contribution in [1.29, 1.82) is 5.41 Å². The summed E-state index contributed by atoms with van der Waals surface area (Å²) < 4.78 is 54.6. The maximum Gasteiger partial charge on any atom is 0.436 e. The second-order valence-electron chi connectivity index (χ2n) is 35.6. The maximum absolute atomic E-state index is 13.3. The Morgan fingerprint density at radius 3 is 1.40 bits per heavy atom. The summed E-state index contributed by atoms with van der Waals surface area (Å²) in [5.41, 5.74) is 4.07. The highest BCUT2D eigenvalue weighted by atomic mass is 28.4. The first-order valence-electron chi connectivity index (χ1n) is 38.1. The number of aliphatic hydroxyl groups excluding tert-OH is 2. The largest absolute Gasteiger partial charge is 0.443 e. The first-order chi connectivity index (χ1) is 50.2. The number of amidine groups is 4. The van der Waals surface area contributed by atoms with E-state index >= 15 is 0 Å². The number of nitrogens with two attached hydrogens (primary N) is 1. The molecule has 8 aliphatic rings. The lowest BCUT2D eigenvalue weighted by molar-refractivity contribution is -0.385. The Kier molecular flexibility index (Phi) is 30.9. The standard InChI is InChI=1S/C29H43N3O7Si.C22H38N2O5Si.C17H30N2O3Si.C10H14N2O4/c1-10-22-24(39-40(8,9)29(5,6)7)17-23(37-22)20-15-16-25(30-26(20)33)31(27(34)38-28(2,3)4)18-19-13-11-12-14-21(19)32(35)36;1-10-15-17(29-30(8,9)22(5,6)7)13-16(27-15)14-11-12-18(23-19(14)25)24-20(26)28-21(2,3)4;1-7-12-14(22-23(5,6)17(2,3)4)10-13(21-12)11-8-9-15(18)19-16(11)20;11-9-2-1-5(10(15)12-9)7-3-6(14)8(4-13)16-7/h11-16,20,22-24H,10,17-18H2,1-9H3;11-12,14-17H,10,13H2,1-9H3,(H,23,24,25,26);8-9,11-14H,7,10H2,1-6H3,(H2,18,19,20);1-2,5-8,13-14H,3-4H2,(H2,11,12,15)/t20?,22-,23-,24-;14?,15-,16-,17-;11?,12-,13-,14-;5?,6-,7-,8-/m1111/s1. The van der Waals surface area contributed by atoms with Gasteiger partial charge in [-0.3, -0.25) is 39.6 Å². The summed E-state index contributed by atoms with van der Waals surface area (Å²) in [5.74, 6) is -2.52. The molecular weight excluding hydrogens is 1450 g/mol. The molecule has 0 spiro atoms. The van der Waals surface area contributed by atoms with Gasteiger partial charge in [0.25, 0.3) is 17.5 Å². The van der Waals surface area contributed by atoms with Gasteiger partial charge in [-0.2, -0.15) is 15.0 Å². The van der Waals surface area contributed by atoms with Crippen molar-refractivity contribution in [3.8, 4) is 0 Å². The van der Waals surface area contributed by atoms with Gasteiger partial charge in [-0.1, -0.05) is 126 Å². The third kappa shape index (κ3) is 24.9. The minimum absolute atomic E-state index is 0.0149. The number of nitro groups is 1. The molecule has 16 atom stereocenters. The van der Waals surface area contributed by atoms with Gasteiger partial charge in [-0.05, 0) is 140 Å². The van der Waals surface area contributed by atoms with Gasteiger partial charge < -0.3 is 68.3 Å². The van der Waals surface area contributed by atoms with Crippen LogP contribution in [0.25, 0.3) is 0 Å². The third-order valence-corrected chi connectivity index (χ3v) is 35.2. The number of hydrogen-bond acceptors (Lipinski definition) is 21. The number of carbonyl (C=O) groups is 6. The van der Waals surface area contributed by atoms with Gasteiger partial charge in [0, 0.05) is 37.3 Å². The number of hydrogen-bond donors (Lipinski definition) is 6. The predicted molar refractivity (Wildman–Crippen MR) is 425 cm³/mol. The molecule has 0 saturated carbocycles. The highest BCUT2D eigenvalue weighted by molar-refractivity contribution is 6.75. The lowest BCUT2D eigenvalue weighted by atomic mass is 9.95. The highest BCUT2D eigenvalue weighted by Crippen LogP contribution is 2.45. The molecule has 6 amide bonds. The van der Waals surface area contributed by atoms with Gasteiger partial charge in [-0.15, -0.1) is 0 Å². The van der Waals surface area contributed by atoms with Crippen LogP contribution in [0.3, 0.4) is 0 Å². The highest BCUT2D eigenvalue weighted by Gasteiger charge is 2.51. The molecule has 28 nitrogen and oxygen atoms in total. The van der Waals surface area contributed by atoms with Crippen molar-refractivity contribution in [1.82, 2.24) is 15.5 Å². The van der Waals surface area contributed by atoms with Gasteiger partial charge >= 0.3 is 12.2 Å². The SMILES string of the molecule is CC[C@H]1O[C@@H](C2C=CC(=N)NC2=O)C[C@H]1O[Si](C)(C)C(C)(C)C.CC[C@H]1O[C@@H](C2C=CC(=NC(=O)OC(C)(C)C)NC2=O)C[C@H]1O[Si](C)(C)C(C)(C)C.CC[C@H]1O[C@@H](C2C=CC(N(Cc3ccccc3[N+](=O)[O-])C(=O)OC(C)(C)C)=NC2=O)C[C@H]1O[Si](C)(C)C(C)(C)C.NC1=NC(=O)C([C@H]2C[C@@H](O)[C@@H](CO)O2)C=C1. The Balaban J connectivity index is 0.000000238. The lowest BCUT2D eigenvalue weighted by Gasteiger charge is -2.39. The van der Waals surface area contributed by atoms with Gasteiger partial charge in [0.1, 0.15) is 40.6 Å². The molecule has 1 aromatic carbocycles. The fourth-order valence-electron chi connectivity index (χ4n) is 12.6. The molecule has 8 aliphatic heterocycles. The second-order valence-corrected chi connectivity index (χ2v) is 49.8. The molecule has 31 heteroatoms. The fraction of sp³-hybridized carbons (Fsp3) is 0.692. The molecule has 0 aliphatic carbocycles. The zero-order valence-electron chi connectivity index (χ0n) is 68.7. The molecule has 0 bridgehead atoms. The molecule has 0 radical (unpaired) electrons. The number of aliphatic imine (C=N–C) groups is 3. The summed E-state index contributed by atoms with van der Waals surface area (Å²) in [7, 11) is -5.86. The van der Waals surface area contributed by atoms with E-state index in [-0.39, 0.29) is 130 Å². The molecule has 0 aromatic heterocycles. The molecule has 9 rings (SSSR count). The summed E-state index contributed by atoms with van der Waals surface area (Å²) in [6.45, 7) is 49.6. The fourth-order valence-corrected chi connectivity index (χ4v) is 16.7. The topological polar surface area (TPSA) is 383 Å². The van der Waals surface area contributed by atoms with Crippen LogP contribution in [0, 0.1) is 39.2 Å². The number of amides is 6. The maximum atomic E-state index is 13.3. The summed E-state index contributed by atoms with van der Waals surface area (Å²) in [5, 5.41) is 43.1. The van der Waals surface area contributed by atoms with Crippen LogP contribution in [0.1, 0.15) is 175 Å². The van der Waals surface area contributed by atoms with Crippen LogP contribution < -0.4 is 16.4 Å². The Morgan fingerprint density at radius 2 is 1.01 bits per heavy atom. The van der Waals surface area contributed by atoms with E-state index in [0.29, 0.717) is 24.8 Å². The number of nitrogens with one attached hydrogen (secondary N) is 3. The van der Waals surface area contributed by atoms with Crippen LogP contribution in [0.5, 0.6) is 0 Å². The molecule has 7 N–H and O–H groups in total. The van der Waals surface area contributed by atoms with Gasteiger partial charge in [-0.25, -0.2) is 9.59 Å². The van der Waals surface area contributed by atoms with Crippen molar-refractivity contribution in [2.24, 2.45) is 44.4 Å². The van der Waals surface area contributed by atoms with Crippen LogP contribution in [-0.2, 0) is 67.4 Å². The van der Waals surface area contributed by atoms with Crippen LogP contribution in [0.15, 0.2) is 87.9 Å². The monoisotopic (exact) mass is 1580 g/mol. The number of carbonyl (C=O) groups excluding carboxylic acids is 6. The third-order valence-electron chi connectivity index (χ3n) is 21.7. The molecular formula is C78H125N9O19Si3. The number of dihydropyridines is 2. The van der Waals surface area contributed by atoms with Crippen molar-refractivity contribution < 1.29 is 85.6 Å². The predicted octanol–water partition coefficient (Wildman–Crippen LogP) is 12.8. The minimum Gasteiger partial charge on any atom is -0.443 e. The van der Waals surface area contributed by atoms with E-state index in [9.17, 15) is 44.0 Å². The lowest BCUT2D eigenvalue weighted by Crippen LogP contribution is -2.46. The van der Waals surface area contributed by atoms with Gasteiger partial charge in [0.05, 0.1) is 109 Å². The summed E-state index contributed by atoms with van der Waals surface area (Å²) in [6, 6.07) is 6.14. The number of para-hydroxylation sites is 1. The van der Waals surface area contributed by atoms with Crippen molar-refractivity contribution >= 4 is 89.8 Å². The summed E-state index contributed by atoms with van der Waals surface area (Å²) in [6.07, 6.45) is 13.8. The van der Waals surface area contributed by atoms with Crippen LogP contribution >= 0.6 is 0 Å². The number of nitrogens with zero attached hydrogens (tertiary/aromatic N) is 5. The Bertz CT molecular complexity index is 3650. The van der Waals surface area contributed by atoms with Gasteiger partial charge in [0.2, 0.25) is 11.8 Å². The first-order valence-corrected chi connectivity index (χ1v) is 46.9. The van der Waals surface area contributed by atoms with Crippen LogP contribution in [0.2, 0.25) is 54.4 Å². The molecule has 4 unspecified atom stereocenters. The van der Waals surface area contributed by atoms with Crippen molar-refractivity contribution in [2.45, 2.75) is 315 Å². The molecule has 4 saturated heterocycles. The Labute approximate surface area is 647 Å². The number of nitro benzene ring substituents is 1. The average molecular weight is 1580 g/mol. The van der Waals surface area contributed by atoms with E-state index in [2.05, 4.69) is 141 Å². The minimum atomic E-state index is -2.05. The van der Waals surface area contributed by atoms with E-state index in [1.807, 2.05) is 6.92 Å². The van der Waals surface area contributed by atoms with Gasteiger partial charge in [0.15, 0.2) is 25.0 Å². The molecule has 1 aromatic rings. The molecule has 8 heterocycles. The number of rotatable bonds is 17. The van der Waals surface area contributed by atoms with Crippen LogP contribution in [-0.4, -0.2) is 195 Å². The second kappa shape index (κ2) is 36.9. The number of ether oxygens (including phenoxy) is 6. The van der Waals surface area contributed by atoms with E-state index in [0.717, 1.165) is 30.6 Å². The number of aliphatic hydroxyl groups is 2.